The molecule has 1 aromatic carbocycles. The van der Waals surface area contributed by atoms with Crippen LogP contribution in [0.2, 0.25) is 0 Å². The van der Waals surface area contributed by atoms with Crippen LogP contribution in [0.15, 0.2) is 18.2 Å². The van der Waals surface area contributed by atoms with Gasteiger partial charge < -0.3 is 14.4 Å². The second kappa shape index (κ2) is 7.95. The summed E-state index contributed by atoms with van der Waals surface area (Å²) in [4.78, 5) is 14.8. The number of hydrogen-bond donors (Lipinski definition) is 0. The lowest BCUT2D eigenvalue weighted by Crippen LogP contribution is -2.45. The van der Waals surface area contributed by atoms with Crippen molar-refractivity contribution >= 4 is 5.91 Å². The van der Waals surface area contributed by atoms with Crippen molar-refractivity contribution in [2.24, 2.45) is 5.92 Å². The number of fused-ring (bicyclic) bond motifs is 1. The summed E-state index contributed by atoms with van der Waals surface area (Å²) in [6.45, 7) is 2.94. The molecule has 0 N–H and O–H groups in total. The molecule has 0 fully saturated rings. The fourth-order valence-electron chi connectivity index (χ4n) is 2.65. The number of carbonyl (C=O) groups is 1. The van der Waals surface area contributed by atoms with Gasteiger partial charge in [0.15, 0.2) is 11.5 Å². The summed E-state index contributed by atoms with van der Waals surface area (Å²) >= 11 is 0. The summed E-state index contributed by atoms with van der Waals surface area (Å²) in [6.07, 6.45) is -4.40. The first-order valence-electron chi connectivity index (χ1n) is 8.05. The maximum Gasteiger partial charge on any atom is 0.406 e. The van der Waals surface area contributed by atoms with Crippen LogP contribution in [0.1, 0.15) is 19.4 Å². The van der Waals surface area contributed by atoms with E-state index in [1.807, 2.05) is 12.1 Å². The number of hydrogen-bond acceptors (Lipinski definition) is 4. The molecular formula is C17H23F3N2O3. The number of amides is 1. The van der Waals surface area contributed by atoms with Gasteiger partial charge in [0.1, 0.15) is 6.54 Å². The fourth-order valence-corrected chi connectivity index (χ4v) is 2.65. The van der Waals surface area contributed by atoms with Gasteiger partial charge in [0.05, 0.1) is 6.54 Å². The van der Waals surface area contributed by atoms with Gasteiger partial charge in [-0.15, -0.1) is 0 Å². The number of rotatable bonds is 7. The molecule has 1 amide bonds. The molecule has 0 radical (unpaired) electrons. The minimum Gasteiger partial charge on any atom is -0.454 e. The van der Waals surface area contributed by atoms with Crippen LogP contribution in [0, 0.1) is 5.92 Å². The highest BCUT2D eigenvalue weighted by atomic mass is 19.4. The van der Waals surface area contributed by atoms with Gasteiger partial charge in [-0.2, -0.15) is 13.2 Å². The number of carbonyl (C=O) groups excluding carboxylic acids is 1. The number of likely N-dealkylation sites (N-methyl/N-ethyl adjacent to an activating group) is 1. The molecule has 1 aliphatic heterocycles. The number of halogens is 3. The summed E-state index contributed by atoms with van der Waals surface area (Å²) in [5, 5.41) is 0. The molecule has 140 valence electrons. The van der Waals surface area contributed by atoms with Gasteiger partial charge in [-0.05, 0) is 30.7 Å². The molecule has 1 aliphatic rings. The molecule has 0 saturated carbocycles. The van der Waals surface area contributed by atoms with Crippen LogP contribution < -0.4 is 9.47 Å². The van der Waals surface area contributed by atoms with E-state index < -0.39 is 18.6 Å². The number of alkyl halides is 3. The van der Waals surface area contributed by atoms with E-state index in [-0.39, 0.29) is 25.8 Å². The molecule has 0 bridgehead atoms. The molecular weight excluding hydrogens is 337 g/mol. The van der Waals surface area contributed by atoms with Gasteiger partial charge in [-0.25, -0.2) is 0 Å². The lowest BCUT2D eigenvalue weighted by molar-refractivity contribution is -0.162. The van der Waals surface area contributed by atoms with Crippen molar-refractivity contribution in [3.63, 3.8) is 0 Å². The quantitative estimate of drug-likeness (QED) is 0.750. The second-order valence-corrected chi connectivity index (χ2v) is 6.64. The van der Waals surface area contributed by atoms with Crippen molar-refractivity contribution in [3.8, 4) is 11.5 Å². The first-order valence-corrected chi connectivity index (χ1v) is 8.05. The molecule has 0 unspecified atom stereocenters. The smallest absolute Gasteiger partial charge is 0.406 e. The summed E-state index contributed by atoms with van der Waals surface area (Å²) < 4.78 is 48.6. The zero-order chi connectivity index (χ0) is 18.6. The highest BCUT2D eigenvalue weighted by molar-refractivity contribution is 5.78. The monoisotopic (exact) mass is 360 g/mol. The van der Waals surface area contributed by atoms with E-state index in [1.54, 1.807) is 31.9 Å². The molecule has 0 saturated heterocycles. The van der Waals surface area contributed by atoms with Crippen LogP contribution in [-0.2, 0) is 11.3 Å². The van der Waals surface area contributed by atoms with Crippen LogP contribution in [0.3, 0.4) is 0 Å². The van der Waals surface area contributed by atoms with Gasteiger partial charge in [-0.1, -0.05) is 19.9 Å². The standard InChI is InChI=1S/C17H23F3N2O3/c1-12(2)7-22(10-17(18,19)20)16(23)9-21(3)8-13-4-5-14-15(6-13)25-11-24-14/h4-6,12H,7-11H2,1-3H3. The largest absolute Gasteiger partial charge is 0.454 e. The van der Waals surface area contributed by atoms with Gasteiger partial charge in [0.2, 0.25) is 12.7 Å². The molecule has 0 spiro atoms. The maximum atomic E-state index is 12.7. The Bertz CT molecular complexity index is 605. The Balaban J connectivity index is 1.94. The Morgan fingerprint density at radius 1 is 1.24 bits per heavy atom. The molecule has 2 rings (SSSR count). The van der Waals surface area contributed by atoms with E-state index in [2.05, 4.69) is 0 Å². The Morgan fingerprint density at radius 2 is 1.92 bits per heavy atom. The summed E-state index contributed by atoms with van der Waals surface area (Å²) in [7, 11) is 1.70. The third-order valence-corrected chi connectivity index (χ3v) is 3.60. The predicted octanol–water partition coefficient (Wildman–Crippen LogP) is 2.89. The van der Waals surface area contributed by atoms with Crippen LogP contribution in [0.4, 0.5) is 13.2 Å². The van der Waals surface area contributed by atoms with Gasteiger partial charge >= 0.3 is 6.18 Å². The van der Waals surface area contributed by atoms with Crippen molar-refractivity contribution in [2.75, 3.05) is 33.5 Å². The number of benzene rings is 1. The lowest BCUT2D eigenvalue weighted by Gasteiger charge is -2.28. The minimum atomic E-state index is -4.40. The molecule has 0 atom stereocenters. The summed E-state index contributed by atoms with van der Waals surface area (Å²) in [6, 6.07) is 5.43. The molecule has 1 aromatic rings. The van der Waals surface area contributed by atoms with Crippen LogP contribution in [0.5, 0.6) is 11.5 Å². The van der Waals surface area contributed by atoms with E-state index in [4.69, 9.17) is 9.47 Å². The molecule has 0 aromatic heterocycles. The zero-order valence-corrected chi connectivity index (χ0v) is 14.6. The fraction of sp³-hybridized carbons (Fsp3) is 0.588. The van der Waals surface area contributed by atoms with Gasteiger partial charge in [0, 0.05) is 13.1 Å². The van der Waals surface area contributed by atoms with Gasteiger partial charge in [0.25, 0.3) is 0 Å². The zero-order valence-electron chi connectivity index (χ0n) is 14.6. The van der Waals surface area contributed by atoms with Crippen LogP contribution in [0.25, 0.3) is 0 Å². The normalized spacial score (nSPS) is 13.6. The van der Waals surface area contributed by atoms with Crippen molar-refractivity contribution < 1.29 is 27.4 Å². The molecule has 0 aliphatic carbocycles. The predicted molar refractivity (Wildman–Crippen MR) is 86.4 cm³/mol. The van der Waals surface area contributed by atoms with Crippen molar-refractivity contribution in [3.05, 3.63) is 23.8 Å². The maximum absolute atomic E-state index is 12.7. The second-order valence-electron chi connectivity index (χ2n) is 6.64. The molecule has 5 nitrogen and oxygen atoms in total. The molecule has 25 heavy (non-hydrogen) atoms. The van der Waals surface area contributed by atoms with Crippen LogP contribution in [-0.4, -0.2) is 55.4 Å². The third kappa shape index (κ3) is 6.12. The van der Waals surface area contributed by atoms with Crippen molar-refractivity contribution in [1.29, 1.82) is 0 Å². The minimum absolute atomic E-state index is 0.0366. The topological polar surface area (TPSA) is 42.0 Å². The highest BCUT2D eigenvalue weighted by Gasteiger charge is 2.33. The van der Waals surface area contributed by atoms with Crippen molar-refractivity contribution in [2.45, 2.75) is 26.6 Å². The average molecular weight is 360 g/mol. The molecule has 8 heteroatoms. The lowest BCUT2D eigenvalue weighted by atomic mass is 10.2. The van der Waals surface area contributed by atoms with E-state index in [0.29, 0.717) is 18.0 Å². The average Bonchev–Trinajstić information content (AvgIpc) is 2.91. The number of nitrogens with zero attached hydrogens (tertiary/aromatic N) is 2. The SMILES string of the molecule is CC(C)CN(CC(F)(F)F)C(=O)CN(C)Cc1ccc2c(c1)OCO2. The van der Waals surface area contributed by atoms with E-state index >= 15 is 0 Å². The highest BCUT2D eigenvalue weighted by Crippen LogP contribution is 2.32. The summed E-state index contributed by atoms with van der Waals surface area (Å²) in [5.41, 5.74) is 0.894. The Morgan fingerprint density at radius 3 is 2.56 bits per heavy atom. The Labute approximate surface area is 145 Å². The van der Waals surface area contributed by atoms with Gasteiger partial charge in [-0.3, -0.25) is 9.69 Å². The third-order valence-electron chi connectivity index (χ3n) is 3.60. The Kier molecular flexibility index (Phi) is 6.16. The van der Waals surface area contributed by atoms with Crippen molar-refractivity contribution in [1.82, 2.24) is 9.80 Å². The first kappa shape index (κ1) is 19.4. The van der Waals surface area contributed by atoms with Crippen LogP contribution >= 0.6 is 0 Å². The summed E-state index contributed by atoms with van der Waals surface area (Å²) in [5.74, 6) is 0.728. The molecule has 1 heterocycles. The first-order chi connectivity index (χ1) is 11.6. The Hall–Kier alpha value is -1.96. The van der Waals surface area contributed by atoms with E-state index in [9.17, 15) is 18.0 Å². The number of ether oxygens (including phenoxy) is 2. The van der Waals surface area contributed by atoms with E-state index in [1.165, 1.54) is 0 Å². The van der Waals surface area contributed by atoms with E-state index in [0.717, 1.165) is 10.5 Å².